The molecule has 31 heavy (non-hydrogen) atoms. The summed E-state index contributed by atoms with van der Waals surface area (Å²) in [5.41, 5.74) is -0.605. The molecule has 3 atom stereocenters. The number of carbonyl (C=O) groups is 4. The molecule has 2 heterocycles. The van der Waals surface area contributed by atoms with Crippen molar-refractivity contribution in [2.24, 2.45) is 11.8 Å². The van der Waals surface area contributed by atoms with Crippen LogP contribution in [0.5, 0.6) is 0 Å². The highest BCUT2D eigenvalue weighted by atomic mass is 16.5. The maximum Gasteiger partial charge on any atom is 0.237 e. The first-order chi connectivity index (χ1) is 14.6. The van der Waals surface area contributed by atoms with Gasteiger partial charge in [0.25, 0.3) is 0 Å². The van der Waals surface area contributed by atoms with E-state index in [0.717, 1.165) is 5.56 Å². The van der Waals surface area contributed by atoms with Crippen molar-refractivity contribution >= 4 is 23.4 Å². The number of Topliss-reactive ketones (excluding diaryl/α,β-unsaturated/α-hetero) is 2. The van der Waals surface area contributed by atoms with E-state index in [1.165, 1.54) is 4.90 Å². The summed E-state index contributed by atoms with van der Waals surface area (Å²) in [5.74, 6) is -4.10. The average Bonchev–Trinajstić information content (AvgIpc) is 3.28. The molecule has 2 amide bonds. The van der Waals surface area contributed by atoms with Crippen molar-refractivity contribution in [2.45, 2.75) is 44.9 Å². The van der Waals surface area contributed by atoms with Crippen molar-refractivity contribution < 1.29 is 23.9 Å². The topological polar surface area (TPSA) is 80.8 Å². The van der Waals surface area contributed by atoms with E-state index in [1.54, 1.807) is 45.0 Å². The first-order valence-electron chi connectivity index (χ1n) is 10.4. The Morgan fingerprint density at radius 3 is 1.90 bits per heavy atom. The molecular weight excluding hydrogens is 394 g/mol. The van der Waals surface area contributed by atoms with Gasteiger partial charge >= 0.3 is 0 Å². The summed E-state index contributed by atoms with van der Waals surface area (Å²) in [6.07, 6.45) is -0.864. The number of amides is 2. The monoisotopic (exact) mass is 417 g/mol. The van der Waals surface area contributed by atoms with Gasteiger partial charge in [-0.05, 0) is 33.3 Å². The van der Waals surface area contributed by atoms with Gasteiger partial charge in [0.05, 0.1) is 17.9 Å². The molecule has 0 N–H and O–H groups in total. The molecule has 2 aromatic rings. The lowest BCUT2D eigenvalue weighted by molar-refractivity contribution is -0.150. The number of aryl methyl sites for hydroxylation is 1. The zero-order valence-electron chi connectivity index (χ0n) is 17.8. The Bertz CT molecular complexity index is 1120. The third kappa shape index (κ3) is 2.42. The fraction of sp³-hybridized carbons (Fsp3) is 0.360. The molecule has 2 aliphatic heterocycles. The molecule has 1 aliphatic carbocycles. The Morgan fingerprint density at radius 2 is 1.39 bits per heavy atom. The summed E-state index contributed by atoms with van der Waals surface area (Å²) in [5, 5.41) is 0. The predicted molar refractivity (Wildman–Crippen MR) is 111 cm³/mol. The van der Waals surface area contributed by atoms with E-state index >= 15 is 0 Å². The number of fused-ring (bicyclic) bond motifs is 3. The van der Waals surface area contributed by atoms with Crippen LogP contribution in [-0.2, 0) is 14.3 Å². The molecule has 158 valence electrons. The SMILES string of the molecule is Cc1ccc([C@H]2OC3(C(=O)c4ccccc4C3=O)[C@H]3C(=O)N(C(C)(C)C)C(=O)[C@@H]23)cc1. The van der Waals surface area contributed by atoms with Gasteiger partial charge in [-0.2, -0.15) is 0 Å². The van der Waals surface area contributed by atoms with E-state index in [9.17, 15) is 19.2 Å². The van der Waals surface area contributed by atoms with Crippen LogP contribution in [-0.4, -0.2) is 39.4 Å². The van der Waals surface area contributed by atoms with Crippen LogP contribution in [0.15, 0.2) is 48.5 Å². The Hall–Kier alpha value is -3.12. The fourth-order valence-corrected chi connectivity index (χ4v) is 5.24. The van der Waals surface area contributed by atoms with E-state index in [2.05, 4.69) is 0 Å². The van der Waals surface area contributed by atoms with E-state index in [1.807, 2.05) is 31.2 Å². The molecule has 6 nitrogen and oxygen atoms in total. The molecule has 5 rings (SSSR count). The summed E-state index contributed by atoms with van der Waals surface area (Å²) in [7, 11) is 0. The number of rotatable bonds is 1. The Labute approximate surface area is 180 Å². The summed E-state index contributed by atoms with van der Waals surface area (Å²) in [6.45, 7) is 7.25. The molecule has 0 unspecified atom stereocenters. The molecule has 0 bridgehead atoms. The Kier molecular flexibility index (Phi) is 3.97. The van der Waals surface area contributed by atoms with Crippen LogP contribution in [0.4, 0.5) is 0 Å². The highest BCUT2D eigenvalue weighted by Crippen LogP contribution is 2.58. The fourth-order valence-electron chi connectivity index (χ4n) is 5.24. The van der Waals surface area contributed by atoms with Crippen LogP contribution < -0.4 is 0 Å². The van der Waals surface area contributed by atoms with E-state index in [4.69, 9.17) is 4.74 Å². The summed E-state index contributed by atoms with van der Waals surface area (Å²) in [4.78, 5) is 55.5. The summed E-state index contributed by atoms with van der Waals surface area (Å²) >= 11 is 0. The van der Waals surface area contributed by atoms with Crippen LogP contribution in [0.3, 0.4) is 0 Å². The van der Waals surface area contributed by atoms with Gasteiger partial charge in [0, 0.05) is 16.7 Å². The lowest BCUT2D eigenvalue weighted by Gasteiger charge is -2.33. The van der Waals surface area contributed by atoms with Crippen LogP contribution >= 0.6 is 0 Å². The number of likely N-dealkylation sites (tertiary alicyclic amines) is 1. The molecule has 0 aromatic heterocycles. The largest absolute Gasteiger partial charge is 0.349 e. The molecule has 3 aliphatic rings. The number of hydrogen-bond donors (Lipinski definition) is 0. The Balaban J connectivity index is 1.72. The van der Waals surface area contributed by atoms with E-state index < -0.39 is 52.5 Å². The molecule has 0 radical (unpaired) electrons. The van der Waals surface area contributed by atoms with E-state index in [0.29, 0.717) is 5.56 Å². The Morgan fingerprint density at radius 1 is 0.839 bits per heavy atom. The second kappa shape index (κ2) is 6.20. The standard InChI is InChI=1S/C25H23NO5/c1-13-9-11-14(12-10-13)19-17-18(23(30)26(22(17)29)24(2,3)4)25(31-19)20(27)15-7-5-6-8-16(15)21(25)28/h5-12,17-19H,1-4H3/t17-,18-,19-/m1/s1. The average molecular weight is 417 g/mol. The smallest absolute Gasteiger partial charge is 0.237 e. The van der Waals surface area contributed by atoms with Crippen LogP contribution in [0.25, 0.3) is 0 Å². The third-order valence-electron chi connectivity index (χ3n) is 6.60. The molecule has 2 fully saturated rings. The number of ether oxygens (including phenoxy) is 1. The van der Waals surface area contributed by atoms with Crippen molar-refractivity contribution in [2.75, 3.05) is 0 Å². The molecule has 0 saturated carbocycles. The number of carbonyl (C=O) groups excluding carboxylic acids is 4. The first kappa shape index (κ1) is 19.8. The van der Waals surface area contributed by atoms with Crippen LogP contribution in [0.1, 0.15) is 58.7 Å². The first-order valence-corrected chi connectivity index (χ1v) is 10.4. The quantitative estimate of drug-likeness (QED) is 0.525. The summed E-state index contributed by atoms with van der Waals surface area (Å²) < 4.78 is 6.24. The minimum absolute atomic E-state index is 0.241. The minimum Gasteiger partial charge on any atom is -0.349 e. The van der Waals surface area contributed by atoms with Gasteiger partial charge < -0.3 is 4.74 Å². The van der Waals surface area contributed by atoms with Crippen molar-refractivity contribution in [1.82, 2.24) is 4.90 Å². The van der Waals surface area contributed by atoms with Crippen LogP contribution in [0.2, 0.25) is 0 Å². The lowest BCUT2D eigenvalue weighted by atomic mass is 9.77. The third-order valence-corrected chi connectivity index (χ3v) is 6.60. The minimum atomic E-state index is -2.00. The molecule has 6 heteroatoms. The van der Waals surface area contributed by atoms with Gasteiger partial charge in [-0.1, -0.05) is 54.1 Å². The van der Waals surface area contributed by atoms with E-state index in [-0.39, 0.29) is 11.1 Å². The van der Waals surface area contributed by atoms with Gasteiger partial charge in [-0.15, -0.1) is 0 Å². The second-order valence-corrected chi connectivity index (χ2v) is 9.57. The van der Waals surface area contributed by atoms with Gasteiger partial charge in [0.2, 0.25) is 29.0 Å². The molecule has 1 spiro atoms. The normalized spacial score (nSPS) is 26.7. The summed E-state index contributed by atoms with van der Waals surface area (Å²) in [6, 6.07) is 13.9. The van der Waals surface area contributed by atoms with Crippen molar-refractivity contribution in [3.05, 3.63) is 70.8 Å². The molecule has 2 aromatic carbocycles. The number of benzene rings is 2. The van der Waals surface area contributed by atoms with Gasteiger partial charge in [0.15, 0.2) is 0 Å². The zero-order chi connectivity index (χ0) is 22.3. The maximum atomic E-state index is 13.6. The predicted octanol–water partition coefficient (Wildman–Crippen LogP) is 3.28. The highest BCUT2D eigenvalue weighted by molar-refractivity contribution is 6.35. The number of imide groups is 1. The van der Waals surface area contributed by atoms with Crippen molar-refractivity contribution in [3.8, 4) is 0 Å². The lowest BCUT2D eigenvalue weighted by Crippen LogP contribution is -2.53. The highest BCUT2D eigenvalue weighted by Gasteiger charge is 2.75. The number of nitrogens with zero attached hydrogens (tertiary/aromatic N) is 1. The molecule has 2 saturated heterocycles. The van der Waals surface area contributed by atoms with Gasteiger partial charge in [-0.25, -0.2) is 0 Å². The zero-order valence-corrected chi connectivity index (χ0v) is 17.8. The van der Waals surface area contributed by atoms with Gasteiger partial charge in [0.1, 0.15) is 0 Å². The van der Waals surface area contributed by atoms with Crippen molar-refractivity contribution in [3.63, 3.8) is 0 Å². The molecular formula is C25H23NO5. The van der Waals surface area contributed by atoms with Gasteiger partial charge in [-0.3, -0.25) is 24.1 Å². The van der Waals surface area contributed by atoms with Crippen LogP contribution in [0, 0.1) is 18.8 Å². The number of ketones is 2. The maximum absolute atomic E-state index is 13.6. The number of hydrogen-bond acceptors (Lipinski definition) is 5. The second-order valence-electron chi connectivity index (χ2n) is 9.57. The van der Waals surface area contributed by atoms with Crippen molar-refractivity contribution in [1.29, 1.82) is 0 Å².